The maximum absolute atomic E-state index is 12.4. The van der Waals surface area contributed by atoms with E-state index in [1.165, 1.54) is 0 Å². The number of aromatic nitrogens is 1. The molecule has 0 amide bonds. The van der Waals surface area contributed by atoms with Gasteiger partial charge in [0, 0.05) is 40.6 Å². The largest absolute Gasteiger partial charge is 0.289 e. The molecule has 0 radical (unpaired) electrons. The third-order valence-corrected chi connectivity index (χ3v) is 3.85. The van der Waals surface area contributed by atoms with Gasteiger partial charge in [-0.05, 0) is 32.4 Å². The third kappa shape index (κ3) is 2.16. The molecular weight excluding hydrogens is 238 g/mol. The summed E-state index contributed by atoms with van der Waals surface area (Å²) in [6.45, 7) is 7.11. The van der Waals surface area contributed by atoms with Crippen molar-refractivity contribution in [3.63, 3.8) is 0 Å². The molecular formula is C16H17NO2. The SMILES string of the molecule is CC1=C(C)C(=O)C(C(C)c2cccnc2)=C(C)C1=O. The minimum atomic E-state index is -0.117. The zero-order chi connectivity index (χ0) is 14.2. The first-order valence-electron chi connectivity index (χ1n) is 6.32. The lowest BCUT2D eigenvalue weighted by Crippen LogP contribution is -2.23. The molecule has 0 N–H and O–H groups in total. The monoisotopic (exact) mass is 255 g/mol. The van der Waals surface area contributed by atoms with Crippen molar-refractivity contribution in [3.05, 3.63) is 52.4 Å². The highest BCUT2D eigenvalue weighted by atomic mass is 16.1. The lowest BCUT2D eigenvalue weighted by Gasteiger charge is -2.23. The lowest BCUT2D eigenvalue weighted by atomic mass is 9.79. The van der Waals surface area contributed by atoms with E-state index in [9.17, 15) is 9.59 Å². The summed E-state index contributed by atoms with van der Waals surface area (Å²) in [5.74, 6) is -0.165. The fraction of sp³-hybridized carbons (Fsp3) is 0.312. The summed E-state index contributed by atoms with van der Waals surface area (Å²) >= 11 is 0. The number of carbonyl (C=O) groups is 2. The predicted octanol–water partition coefficient (Wildman–Crippen LogP) is 2.99. The van der Waals surface area contributed by atoms with Crippen LogP contribution in [0.3, 0.4) is 0 Å². The Bertz CT molecular complexity index is 609. The number of Topliss-reactive ketones (excluding diaryl/α,β-unsaturated/α-hetero) is 2. The summed E-state index contributed by atoms with van der Waals surface area (Å²) < 4.78 is 0. The first-order valence-corrected chi connectivity index (χ1v) is 6.32. The van der Waals surface area contributed by atoms with E-state index in [4.69, 9.17) is 0 Å². The van der Waals surface area contributed by atoms with Crippen molar-refractivity contribution in [1.29, 1.82) is 0 Å². The molecule has 3 nitrogen and oxygen atoms in total. The summed E-state index contributed by atoms with van der Waals surface area (Å²) in [4.78, 5) is 28.6. The van der Waals surface area contributed by atoms with Gasteiger partial charge in [-0.3, -0.25) is 14.6 Å². The van der Waals surface area contributed by atoms with E-state index in [2.05, 4.69) is 4.98 Å². The standard InChI is InChI=1S/C16H17NO2/c1-9-10(2)16(19)14(12(4)15(9)18)11(3)13-6-5-7-17-8-13/h5-8,11H,1-4H3. The van der Waals surface area contributed by atoms with E-state index in [1.807, 2.05) is 19.1 Å². The molecule has 0 aromatic carbocycles. The van der Waals surface area contributed by atoms with Gasteiger partial charge in [-0.1, -0.05) is 13.0 Å². The topological polar surface area (TPSA) is 47.0 Å². The van der Waals surface area contributed by atoms with Crippen LogP contribution in [-0.2, 0) is 9.59 Å². The lowest BCUT2D eigenvalue weighted by molar-refractivity contribution is -0.116. The number of carbonyl (C=O) groups excluding carboxylic acids is 2. The highest BCUT2D eigenvalue weighted by Crippen LogP contribution is 2.33. The fourth-order valence-electron chi connectivity index (χ4n) is 2.44. The summed E-state index contributed by atoms with van der Waals surface area (Å²) in [5, 5.41) is 0. The molecule has 98 valence electrons. The van der Waals surface area contributed by atoms with Gasteiger partial charge in [0.1, 0.15) is 0 Å². The van der Waals surface area contributed by atoms with Crippen LogP contribution in [0.15, 0.2) is 46.8 Å². The van der Waals surface area contributed by atoms with Crippen molar-refractivity contribution in [2.24, 2.45) is 0 Å². The number of hydrogen-bond acceptors (Lipinski definition) is 3. The van der Waals surface area contributed by atoms with Crippen LogP contribution in [0.4, 0.5) is 0 Å². The van der Waals surface area contributed by atoms with E-state index >= 15 is 0 Å². The van der Waals surface area contributed by atoms with Gasteiger partial charge < -0.3 is 0 Å². The fourth-order valence-corrected chi connectivity index (χ4v) is 2.44. The maximum atomic E-state index is 12.4. The molecule has 19 heavy (non-hydrogen) atoms. The van der Waals surface area contributed by atoms with E-state index < -0.39 is 0 Å². The van der Waals surface area contributed by atoms with Gasteiger partial charge >= 0.3 is 0 Å². The first-order chi connectivity index (χ1) is 8.95. The third-order valence-electron chi connectivity index (χ3n) is 3.85. The zero-order valence-electron chi connectivity index (χ0n) is 11.7. The second-order valence-electron chi connectivity index (χ2n) is 4.95. The number of nitrogens with zero attached hydrogens (tertiary/aromatic N) is 1. The van der Waals surface area contributed by atoms with Crippen molar-refractivity contribution in [2.75, 3.05) is 0 Å². The predicted molar refractivity (Wildman–Crippen MR) is 73.7 cm³/mol. The Morgan fingerprint density at radius 2 is 1.63 bits per heavy atom. The van der Waals surface area contributed by atoms with Crippen molar-refractivity contribution in [3.8, 4) is 0 Å². The van der Waals surface area contributed by atoms with Crippen molar-refractivity contribution in [2.45, 2.75) is 33.6 Å². The van der Waals surface area contributed by atoms with Crippen LogP contribution in [0.25, 0.3) is 0 Å². The van der Waals surface area contributed by atoms with Crippen LogP contribution >= 0.6 is 0 Å². The van der Waals surface area contributed by atoms with Crippen LogP contribution in [0.1, 0.15) is 39.2 Å². The molecule has 1 aliphatic carbocycles. The highest BCUT2D eigenvalue weighted by molar-refractivity contribution is 6.25. The summed E-state index contributed by atoms with van der Waals surface area (Å²) in [6, 6.07) is 3.76. The second-order valence-corrected chi connectivity index (χ2v) is 4.95. The Morgan fingerprint density at radius 3 is 2.21 bits per heavy atom. The Labute approximate surface area is 113 Å². The Balaban J connectivity index is 2.50. The summed E-state index contributed by atoms with van der Waals surface area (Å²) in [5.41, 5.74) is 3.22. The van der Waals surface area contributed by atoms with Gasteiger partial charge in [-0.15, -0.1) is 0 Å². The number of pyridine rings is 1. The second kappa shape index (κ2) is 4.92. The van der Waals surface area contributed by atoms with Gasteiger partial charge in [0.25, 0.3) is 0 Å². The average Bonchev–Trinajstić information content (AvgIpc) is 2.44. The van der Waals surface area contributed by atoms with Gasteiger partial charge in [-0.2, -0.15) is 0 Å². The quantitative estimate of drug-likeness (QED) is 0.763. The minimum Gasteiger partial charge on any atom is -0.289 e. The number of hydrogen-bond donors (Lipinski definition) is 0. The van der Waals surface area contributed by atoms with Crippen molar-refractivity contribution < 1.29 is 9.59 Å². The van der Waals surface area contributed by atoms with Crippen LogP contribution in [0.2, 0.25) is 0 Å². The van der Waals surface area contributed by atoms with Crippen molar-refractivity contribution >= 4 is 11.6 Å². The van der Waals surface area contributed by atoms with Crippen LogP contribution < -0.4 is 0 Å². The molecule has 0 fully saturated rings. The molecule has 0 saturated heterocycles. The summed E-state index contributed by atoms with van der Waals surface area (Å²) in [6.07, 6.45) is 3.43. The molecule has 2 rings (SSSR count). The van der Waals surface area contributed by atoms with Gasteiger partial charge in [0.2, 0.25) is 0 Å². The molecule has 1 aromatic heterocycles. The van der Waals surface area contributed by atoms with Gasteiger partial charge in [0.05, 0.1) is 0 Å². The van der Waals surface area contributed by atoms with Crippen LogP contribution in [-0.4, -0.2) is 16.6 Å². The Kier molecular flexibility index (Phi) is 3.47. The molecule has 1 heterocycles. The van der Waals surface area contributed by atoms with Gasteiger partial charge in [-0.25, -0.2) is 0 Å². The Hall–Kier alpha value is -2.03. The molecule has 0 bridgehead atoms. The summed E-state index contributed by atoms with van der Waals surface area (Å²) in [7, 11) is 0. The molecule has 1 atom stereocenters. The smallest absolute Gasteiger partial charge is 0.186 e. The molecule has 3 heteroatoms. The number of allylic oxidation sites excluding steroid dienone is 4. The number of ketones is 2. The van der Waals surface area contributed by atoms with Crippen LogP contribution in [0.5, 0.6) is 0 Å². The maximum Gasteiger partial charge on any atom is 0.186 e. The average molecular weight is 255 g/mol. The first kappa shape index (κ1) is 13.4. The van der Waals surface area contributed by atoms with Gasteiger partial charge in [0.15, 0.2) is 11.6 Å². The van der Waals surface area contributed by atoms with Crippen molar-refractivity contribution in [1.82, 2.24) is 4.98 Å². The molecule has 0 saturated carbocycles. The van der Waals surface area contributed by atoms with E-state index in [0.29, 0.717) is 22.3 Å². The highest BCUT2D eigenvalue weighted by Gasteiger charge is 2.31. The molecule has 0 aliphatic heterocycles. The minimum absolute atomic E-state index is 0.0223. The van der Waals surface area contributed by atoms with E-state index in [-0.39, 0.29) is 17.5 Å². The Morgan fingerprint density at radius 1 is 1.00 bits per heavy atom. The zero-order valence-corrected chi connectivity index (χ0v) is 11.7. The molecule has 0 spiro atoms. The van der Waals surface area contributed by atoms with E-state index in [1.54, 1.807) is 33.2 Å². The van der Waals surface area contributed by atoms with Crippen LogP contribution in [0, 0.1) is 0 Å². The molecule has 1 unspecified atom stereocenters. The molecule has 1 aliphatic rings. The number of rotatable bonds is 2. The van der Waals surface area contributed by atoms with E-state index in [0.717, 1.165) is 5.56 Å². The molecule has 1 aromatic rings. The normalized spacial score (nSPS) is 18.1.